The van der Waals surface area contributed by atoms with Crippen molar-refractivity contribution in [2.24, 2.45) is 44.8 Å². The molecule has 0 aromatic carbocycles. The van der Waals surface area contributed by atoms with Gasteiger partial charge >= 0.3 is 5.97 Å². The lowest BCUT2D eigenvalue weighted by molar-refractivity contribution is -0.248. The summed E-state index contributed by atoms with van der Waals surface area (Å²) in [5.74, 6) is -0.995. The topological polar surface area (TPSA) is 108 Å². The van der Waals surface area contributed by atoms with Gasteiger partial charge in [0.15, 0.2) is 5.78 Å². The van der Waals surface area contributed by atoms with Crippen molar-refractivity contribution in [3.05, 3.63) is 23.0 Å². The minimum Gasteiger partial charge on any atom is -0.511 e. The Morgan fingerprint density at radius 1 is 1.11 bits per heavy atom. The average Bonchev–Trinajstić information content (AvgIpc) is 2.84. The molecule has 0 aliphatic heterocycles. The Kier molecular flexibility index (Phi) is 5.52. The fourth-order valence-corrected chi connectivity index (χ4v) is 10.1. The number of aliphatic hydroxyl groups is 2. The smallest absolute Gasteiger partial charge is 0.312 e. The van der Waals surface area contributed by atoms with E-state index >= 15 is 0 Å². The minimum atomic E-state index is -1.69. The highest BCUT2D eigenvalue weighted by Crippen LogP contribution is 2.75. The van der Waals surface area contributed by atoms with E-state index in [0.717, 1.165) is 24.8 Å². The average molecular weight is 510 g/mol. The molecule has 0 amide bonds. The standard InChI is InChI=1S/C31H43NO5/c1-18-20-8-9-28(5)21(27(20,4)15-19(17-32)24(18)34)14-23(33)31(36)22-16-26(2,3)10-12-30(22,25(35)37-7)13-11-29(28,31)6/h14,18,20,22,34,36H,8-13,15-16H2,1-7H3/t18-,20-,22?,27-,28+,29-,30-,31+/m0/s1. The summed E-state index contributed by atoms with van der Waals surface area (Å²) >= 11 is 0. The van der Waals surface area contributed by atoms with Gasteiger partial charge in [0.1, 0.15) is 11.4 Å². The maximum atomic E-state index is 14.4. The number of rotatable bonds is 1. The molecule has 3 saturated carbocycles. The van der Waals surface area contributed by atoms with Crippen LogP contribution >= 0.6 is 0 Å². The first-order chi connectivity index (χ1) is 17.1. The molecular formula is C31H43NO5. The number of carbonyl (C=O) groups is 2. The number of hydrogen-bond donors (Lipinski definition) is 2. The van der Waals surface area contributed by atoms with Crippen LogP contribution < -0.4 is 0 Å². The first kappa shape index (κ1) is 26.5. The summed E-state index contributed by atoms with van der Waals surface area (Å²) in [4.78, 5) is 27.8. The van der Waals surface area contributed by atoms with Crippen LogP contribution in [0.4, 0.5) is 0 Å². The van der Waals surface area contributed by atoms with Crippen LogP contribution in [0.3, 0.4) is 0 Å². The van der Waals surface area contributed by atoms with E-state index in [1.807, 2.05) is 6.92 Å². The monoisotopic (exact) mass is 509 g/mol. The van der Waals surface area contributed by atoms with E-state index < -0.39 is 33.2 Å². The molecule has 202 valence electrons. The van der Waals surface area contributed by atoms with Crippen LogP contribution in [0.15, 0.2) is 23.0 Å². The van der Waals surface area contributed by atoms with Crippen LogP contribution in [0.1, 0.15) is 92.9 Å². The molecule has 3 fully saturated rings. The molecule has 8 atom stereocenters. The van der Waals surface area contributed by atoms with Gasteiger partial charge in [0, 0.05) is 17.3 Å². The highest BCUT2D eigenvalue weighted by atomic mass is 16.5. The van der Waals surface area contributed by atoms with E-state index in [1.165, 1.54) is 7.11 Å². The first-order valence-electron chi connectivity index (χ1n) is 14.0. The maximum Gasteiger partial charge on any atom is 0.312 e. The van der Waals surface area contributed by atoms with Gasteiger partial charge in [-0.3, -0.25) is 9.59 Å². The molecular weight excluding hydrogens is 466 g/mol. The Morgan fingerprint density at radius 2 is 1.76 bits per heavy atom. The number of fused-ring (bicyclic) bond motifs is 7. The van der Waals surface area contributed by atoms with Crippen molar-refractivity contribution in [1.29, 1.82) is 5.26 Å². The predicted molar refractivity (Wildman–Crippen MR) is 139 cm³/mol. The zero-order valence-corrected chi connectivity index (χ0v) is 23.5. The quantitative estimate of drug-likeness (QED) is 0.432. The normalized spacial score (nSPS) is 48.5. The molecule has 0 radical (unpaired) electrons. The molecule has 2 N–H and O–H groups in total. The Morgan fingerprint density at radius 3 is 2.38 bits per heavy atom. The molecule has 0 spiro atoms. The molecule has 1 unspecified atom stereocenters. The second-order valence-electron chi connectivity index (χ2n) is 14.4. The Labute approximate surface area is 221 Å². The van der Waals surface area contributed by atoms with Gasteiger partial charge in [0.05, 0.1) is 24.2 Å². The van der Waals surface area contributed by atoms with Gasteiger partial charge in [-0.25, -0.2) is 0 Å². The number of nitriles is 1. The fraction of sp³-hybridized carbons (Fsp3) is 0.774. The lowest BCUT2D eigenvalue weighted by atomic mass is 9.33. The van der Waals surface area contributed by atoms with Crippen molar-refractivity contribution < 1.29 is 24.5 Å². The Bertz CT molecular complexity index is 1180. The summed E-state index contributed by atoms with van der Waals surface area (Å²) in [6.45, 7) is 12.7. The number of esters is 1. The molecule has 5 aliphatic carbocycles. The van der Waals surface area contributed by atoms with Gasteiger partial charge in [-0.2, -0.15) is 5.26 Å². The molecule has 0 aromatic heterocycles. The number of aliphatic hydroxyl groups excluding tert-OH is 1. The molecule has 5 rings (SSSR count). The predicted octanol–water partition coefficient (Wildman–Crippen LogP) is 5.81. The van der Waals surface area contributed by atoms with E-state index in [-0.39, 0.29) is 34.8 Å². The number of nitrogens with zero attached hydrogens (tertiary/aromatic N) is 1. The van der Waals surface area contributed by atoms with Gasteiger partial charge in [-0.05, 0) is 79.6 Å². The lowest BCUT2D eigenvalue weighted by Gasteiger charge is -2.71. The molecule has 5 aliphatic rings. The van der Waals surface area contributed by atoms with Crippen LogP contribution in [0, 0.1) is 56.2 Å². The van der Waals surface area contributed by atoms with Crippen molar-refractivity contribution in [3.8, 4) is 6.07 Å². The molecule has 37 heavy (non-hydrogen) atoms. The number of methoxy groups -OCH3 is 1. The third-order valence-electron chi connectivity index (χ3n) is 12.6. The van der Waals surface area contributed by atoms with Gasteiger partial charge in [-0.15, -0.1) is 0 Å². The summed E-state index contributed by atoms with van der Waals surface area (Å²) in [7, 11) is 1.41. The number of hydrogen-bond acceptors (Lipinski definition) is 6. The van der Waals surface area contributed by atoms with Crippen molar-refractivity contribution in [3.63, 3.8) is 0 Å². The number of ether oxygens (including phenoxy) is 1. The number of allylic oxidation sites excluding steroid dienone is 3. The summed E-state index contributed by atoms with van der Waals surface area (Å²) in [5, 5.41) is 33.4. The zero-order valence-electron chi connectivity index (χ0n) is 23.5. The molecule has 6 heteroatoms. The van der Waals surface area contributed by atoms with Gasteiger partial charge in [0.25, 0.3) is 0 Å². The second-order valence-corrected chi connectivity index (χ2v) is 14.4. The van der Waals surface area contributed by atoms with Crippen LogP contribution in [0.25, 0.3) is 0 Å². The highest BCUT2D eigenvalue weighted by molar-refractivity contribution is 6.01. The first-order valence-corrected chi connectivity index (χ1v) is 14.0. The van der Waals surface area contributed by atoms with E-state index in [4.69, 9.17) is 4.74 Å². The summed E-state index contributed by atoms with van der Waals surface area (Å²) in [6, 6.07) is 2.22. The van der Waals surface area contributed by atoms with E-state index in [0.29, 0.717) is 37.7 Å². The maximum absolute atomic E-state index is 14.4. The fourth-order valence-electron chi connectivity index (χ4n) is 10.1. The van der Waals surface area contributed by atoms with Crippen molar-refractivity contribution in [1.82, 2.24) is 0 Å². The van der Waals surface area contributed by atoms with Crippen LogP contribution in [0.2, 0.25) is 0 Å². The second kappa shape index (κ2) is 7.72. The minimum absolute atomic E-state index is 0.103. The summed E-state index contributed by atoms with van der Waals surface area (Å²) in [5.41, 5.74) is -2.96. The number of carbonyl (C=O) groups excluding carboxylic acids is 2. The molecule has 6 nitrogen and oxygen atoms in total. The third kappa shape index (κ3) is 2.96. The largest absolute Gasteiger partial charge is 0.511 e. The SMILES string of the molecule is COC(=O)[C@]12CCC(C)(C)CC1[C@@]1(O)C(=O)C=C3[C@@]4(C)CC(C#N)=C(O)[C@@H](C)[C@@H]4CC[C@@]3(C)[C@]1(C)CC2. The summed E-state index contributed by atoms with van der Waals surface area (Å²) in [6.07, 6.45) is 6.92. The summed E-state index contributed by atoms with van der Waals surface area (Å²) < 4.78 is 5.34. The third-order valence-corrected chi connectivity index (χ3v) is 12.6. The van der Waals surface area contributed by atoms with E-state index in [2.05, 4.69) is 40.7 Å². The van der Waals surface area contributed by atoms with Crippen LogP contribution in [-0.2, 0) is 14.3 Å². The van der Waals surface area contributed by atoms with Crippen molar-refractivity contribution in [2.75, 3.05) is 7.11 Å². The number of ketones is 1. The molecule has 0 heterocycles. The van der Waals surface area contributed by atoms with Crippen molar-refractivity contribution in [2.45, 2.75) is 98.5 Å². The van der Waals surface area contributed by atoms with Gasteiger partial charge in [-0.1, -0.05) is 47.1 Å². The Hall–Kier alpha value is -2.13. The molecule has 0 saturated heterocycles. The van der Waals surface area contributed by atoms with Crippen molar-refractivity contribution >= 4 is 11.8 Å². The van der Waals surface area contributed by atoms with Crippen LogP contribution in [0.5, 0.6) is 0 Å². The van der Waals surface area contributed by atoms with Gasteiger partial charge < -0.3 is 14.9 Å². The zero-order chi connectivity index (χ0) is 27.4. The molecule has 0 bridgehead atoms. The highest BCUT2D eigenvalue weighted by Gasteiger charge is 2.76. The van der Waals surface area contributed by atoms with E-state index in [1.54, 1.807) is 6.08 Å². The van der Waals surface area contributed by atoms with Crippen LogP contribution in [-0.4, -0.2) is 34.7 Å². The Balaban J connectivity index is 1.72. The van der Waals surface area contributed by atoms with Gasteiger partial charge in [0.2, 0.25) is 0 Å². The molecule has 0 aromatic rings. The van der Waals surface area contributed by atoms with E-state index in [9.17, 15) is 25.1 Å². The lowest BCUT2D eigenvalue weighted by Crippen LogP contribution is -2.74.